The lowest BCUT2D eigenvalue weighted by molar-refractivity contribution is -0.140. The summed E-state index contributed by atoms with van der Waals surface area (Å²) in [5.41, 5.74) is 0.468. The van der Waals surface area contributed by atoms with E-state index < -0.39 is 23.9 Å². The van der Waals surface area contributed by atoms with Crippen LogP contribution < -0.4 is 16.0 Å². The predicted molar refractivity (Wildman–Crippen MR) is 123 cm³/mol. The average molecular weight is 459 g/mol. The van der Waals surface area contributed by atoms with Gasteiger partial charge in [0.05, 0.1) is 6.04 Å². The van der Waals surface area contributed by atoms with Gasteiger partial charge in [-0.15, -0.1) is 0 Å². The maximum absolute atomic E-state index is 13.5. The summed E-state index contributed by atoms with van der Waals surface area (Å²) in [7, 11) is 0. The lowest BCUT2D eigenvalue weighted by Gasteiger charge is -2.38. The van der Waals surface area contributed by atoms with E-state index in [1.54, 1.807) is 0 Å². The van der Waals surface area contributed by atoms with Crippen molar-refractivity contribution in [3.8, 4) is 0 Å². The third-order valence-electron chi connectivity index (χ3n) is 8.55. The van der Waals surface area contributed by atoms with Gasteiger partial charge in [0.25, 0.3) is 0 Å². The van der Waals surface area contributed by atoms with Crippen LogP contribution >= 0.6 is 0 Å². The highest BCUT2D eigenvalue weighted by molar-refractivity contribution is 5.97. The molecule has 1 saturated carbocycles. The Morgan fingerprint density at radius 2 is 1.70 bits per heavy atom. The zero-order valence-electron chi connectivity index (χ0n) is 19.9. The Kier molecular flexibility index (Phi) is 6.02. The van der Waals surface area contributed by atoms with E-state index in [1.165, 1.54) is 32.1 Å². The fourth-order valence-electron chi connectivity index (χ4n) is 6.79. The Hall–Kier alpha value is -1.93. The number of hydrogen-bond acceptors (Lipinski definition) is 5. The number of rotatable bonds is 5. The van der Waals surface area contributed by atoms with E-state index in [-0.39, 0.29) is 36.1 Å². The number of carbonyl (C=O) groups is 3. The van der Waals surface area contributed by atoms with Gasteiger partial charge < -0.3 is 15.7 Å². The summed E-state index contributed by atoms with van der Waals surface area (Å²) in [4.78, 5) is 40.8. The SMILES string of the molecule is CC(C)C1NC(=O)C(CC2(O)C3=C(CCCC3)N3C(=O)C(CC4CCCCC4)NC32)NC1=O. The first-order chi connectivity index (χ1) is 15.8. The van der Waals surface area contributed by atoms with Crippen molar-refractivity contribution in [1.29, 1.82) is 0 Å². The maximum Gasteiger partial charge on any atom is 0.245 e. The first kappa shape index (κ1) is 22.8. The van der Waals surface area contributed by atoms with E-state index in [1.807, 2.05) is 18.7 Å². The van der Waals surface area contributed by atoms with Crippen LogP contribution in [0.1, 0.15) is 84.5 Å². The molecule has 5 atom stereocenters. The number of allylic oxidation sites excluding steroid dienone is 1. The van der Waals surface area contributed by atoms with Gasteiger partial charge in [-0.25, -0.2) is 0 Å². The molecule has 4 N–H and O–H groups in total. The normalized spacial score (nSPS) is 37.3. The standard InChI is InChI=1S/C25H38N4O4/c1-14(2)20-22(31)26-18(21(30)28-20)13-25(33)16-10-6-7-11-19(16)29-23(32)17(27-24(25)29)12-15-8-4-3-5-9-15/h14-15,17-18,20,24,27,33H,3-13H2,1-2H3,(H,26,31)(H,28,30). The molecule has 5 unspecified atom stereocenters. The molecular formula is C25H38N4O4. The van der Waals surface area contributed by atoms with E-state index in [9.17, 15) is 19.5 Å². The van der Waals surface area contributed by atoms with Crippen LogP contribution in [0.25, 0.3) is 0 Å². The van der Waals surface area contributed by atoms with Crippen molar-refractivity contribution >= 4 is 17.7 Å². The summed E-state index contributed by atoms with van der Waals surface area (Å²) >= 11 is 0. The highest BCUT2D eigenvalue weighted by atomic mass is 16.3. The molecule has 0 aromatic carbocycles. The first-order valence-corrected chi connectivity index (χ1v) is 12.9. The average Bonchev–Trinajstić information content (AvgIpc) is 3.24. The van der Waals surface area contributed by atoms with Crippen molar-refractivity contribution in [3.63, 3.8) is 0 Å². The molecule has 5 rings (SSSR count). The van der Waals surface area contributed by atoms with Gasteiger partial charge in [-0.3, -0.25) is 24.6 Å². The summed E-state index contributed by atoms with van der Waals surface area (Å²) in [5, 5.41) is 21.2. The van der Waals surface area contributed by atoms with Crippen LogP contribution in [0.2, 0.25) is 0 Å². The molecule has 3 fully saturated rings. The fraction of sp³-hybridized carbons (Fsp3) is 0.800. The smallest absolute Gasteiger partial charge is 0.245 e. The van der Waals surface area contributed by atoms with Gasteiger partial charge in [0, 0.05) is 12.1 Å². The number of fused-ring (bicyclic) bond motifs is 2. The monoisotopic (exact) mass is 458 g/mol. The number of carbonyl (C=O) groups excluding carboxylic acids is 3. The summed E-state index contributed by atoms with van der Waals surface area (Å²) in [5.74, 6) is 0.123. The summed E-state index contributed by atoms with van der Waals surface area (Å²) in [6.45, 7) is 3.79. The molecular weight excluding hydrogens is 420 g/mol. The van der Waals surface area contributed by atoms with Gasteiger partial charge in [-0.1, -0.05) is 46.0 Å². The van der Waals surface area contributed by atoms with Gasteiger partial charge in [0.15, 0.2) is 0 Å². The molecule has 8 nitrogen and oxygen atoms in total. The quantitative estimate of drug-likeness (QED) is 0.501. The van der Waals surface area contributed by atoms with Crippen molar-refractivity contribution in [3.05, 3.63) is 11.3 Å². The van der Waals surface area contributed by atoms with E-state index in [0.717, 1.165) is 43.4 Å². The minimum atomic E-state index is -1.35. The summed E-state index contributed by atoms with van der Waals surface area (Å²) < 4.78 is 0. The van der Waals surface area contributed by atoms with Crippen LogP contribution in [0.3, 0.4) is 0 Å². The van der Waals surface area contributed by atoms with Gasteiger partial charge >= 0.3 is 0 Å². The summed E-state index contributed by atoms with van der Waals surface area (Å²) in [6.07, 6.45) is 9.84. The molecule has 2 aliphatic carbocycles. The molecule has 8 heteroatoms. The maximum atomic E-state index is 13.5. The van der Waals surface area contributed by atoms with E-state index in [0.29, 0.717) is 5.92 Å². The fourth-order valence-corrected chi connectivity index (χ4v) is 6.79. The van der Waals surface area contributed by atoms with Crippen molar-refractivity contribution < 1.29 is 19.5 Å². The molecule has 0 spiro atoms. The van der Waals surface area contributed by atoms with Crippen LogP contribution in [0, 0.1) is 11.8 Å². The number of aliphatic hydroxyl groups is 1. The van der Waals surface area contributed by atoms with Crippen LogP contribution in [-0.2, 0) is 14.4 Å². The van der Waals surface area contributed by atoms with Crippen LogP contribution in [-0.4, -0.2) is 57.6 Å². The zero-order valence-corrected chi connectivity index (χ0v) is 19.9. The number of hydrogen-bond donors (Lipinski definition) is 4. The minimum Gasteiger partial charge on any atom is -0.382 e. The predicted octanol–water partition coefficient (Wildman–Crippen LogP) is 1.69. The van der Waals surface area contributed by atoms with E-state index in [2.05, 4.69) is 16.0 Å². The van der Waals surface area contributed by atoms with Gasteiger partial charge in [-0.05, 0) is 49.5 Å². The molecule has 33 heavy (non-hydrogen) atoms. The molecule has 0 aromatic rings. The topological polar surface area (TPSA) is 111 Å². The van der Waals surface area contributed by atoms with Gasteiger partial charge in [0.2, 0.25) is 17.7 Å². The van der Waals surface area contributed by atoms with Crippen molar-refractivity contribution in [2.24, 2.45) is 11.8 Å². The number of amides is 3. The van der Waals surface area contributed by atoms with Crippen LogP contribution in [0.4, 0.5) is 0 Å². The second kappa shape index (κ2) is 8.69. The Bertz CT molecular complexity index is 864. The molecule has 0 bridgehead atoms. The van der Waals surface area contributed by atoms with Crippen LogP contribution in [0.15, 0.2) is 11.3 Å². The Morgan fingerprint density at radius 3 is 2.42 bits per heavy atom. The molecule has 0 radical (unpaired) electrons. The highest BCUT2D eigenvalue weighted by Gasteiger charge is 2.60. The second-order valence-electron chi connectivity index (χ2n) is 11.1. The highest BCUT2D eigenvalue weighted by Crippen LogP contribution is 2.49. The summed E-state index contributed by atoms with van der Waals surface area (Å²) in [6, 6.07) is -1.66. The zero-order chi connectivity index (χ0) is 23.3. The number of nitrogens with one attached hydrogen (secondary N) is 3. The number of nitrogens with zero attached hydrogens (tertiary/aromatic N) is 1. The molecule has 182 valence electrons. The molecule has 3 aliphatic heterocycles. The van der Waals surface area contributed by atoms with Crippen LogP contribution in [0.5, 0.6) is 0 Å². The third kappa shape index (κ3) is 3.89. The largest absolute Gasteiger partial charge is 0.382 e. The lowest BCUT2D eigenvalue weighted by Crippen LogP contribution is -2.66. The molecule has 2 saturated heterocycles. The van der Waals surface area contributed by atoms with E-state index >= 15 is 0 Å². The Morgan fingerprint density at radius 1 is 0.970 bits per heavy atom. The lowest BCUT2D eigenvalue weighted by atomic mass is 9.80. The Labute approximate surface area is 195 Å². The molecule has 5 aliphatic rings. The van der Waals surface area contributed by atoms with E-state index in [4.69, 9.17) is 0 Å². The van der Waals surface area contributed by atoms with Gasteiger partial charge in [-0.2, -0.15) is 0 Å². The minimum absolute atomic E-state index is 0.0118. The Balaban J connectivity index is 1.38. The van der Waals surface area contributed by atoms with Gasteiger partial charge in [0.1, 0.15) is 23.9 Å². The molecule has 3 heterocycles. The van der Waals surface area contributed by atoms with Crippen molar-refractivity contribution in [1.82, 2.24) is 20.9 Å². The second-order valence-corrected chi connectivity index (χ2v) is 11.1. The first-order valence-electron chi connectivity index (χ1n) is 12.9. The molecule has 0 aromatic heterocycles. The van der Waals surface area contributed by atoms with Crippen molar-refractivity contribution in [2.75, 3.05) is 0 Å². The third-order valence-corrected chi connectivity index (χ3v) is 8.55. The number of piperazine rings is 1. The van der Waals surface area contributed by atoms with Crippen molar-refractivity contribution in [2.45, 2.75) is 114 Å². The molecule has 3 amide bonds.